The van der Waals surface area contributed by atoms with Crippen LogP contribution in [0.5, 0.6) is 5.75 Å². The second-order valence-electron chi connectivity index (χ2n) is 4.10. The maximum Gasteiger partial charge on any atom is 0.174 e. The van der Waals surface area contributed by atoms with Crippen LogP contribution in [0.25, 0.3) is 6.08 Å². The van der Waals surface area contributed by atoms with Crippen LogP contribution in [-0.2, 0) is 0 Å². The topological polar surface area (TPSA) is 45.0 Å². The Kier molecular flexibility index (Phi) is 4.17. The minimum Gasteiger partial charge on any atom is -0.479 e. The molecule has 0 saturated heterocycles. The van der Waals surface area contributed by atoms with Crippen molar-refractivity contribution < 1.29 is 4.74 Å². The summed E-state index contributed by atoms with van der Waals surface area (Å²) in [6.45, 7) is 1.03. The van der Waals surface area contributed by atoms with Gasteiger partial charge in [0.25, 0.3) is 0 Å². The van der Waals surface area contributed by atoms with E-state index in [1.54, 1.807) is 0 Å². The summed E-state index contributed by atoms with van der Waals surface area (Å²) in [7, 11) is 0. The molecule has 0 bridgehead atoms. The molecule has 17 heavy (non-hydrogen) atoms. The lowest BCUT2D eigenvalue weighted by molar-refractivity contribution is 0.368. The second kappa shape index (κ2) is 6.07. The molecule has 1 saturated carbocycles. The molecule has 0 spiro atoms. The van der Waals surface area contributed by atoms with Gasteiger partial charge in [0.2, 0.25) is 0 Å². The highest BCUT2D eigenvalue weighted by Gasteiger charge is 2.18. The SMILES string of the molecule is N#CCOc1ccc(C=CCNC2CC2)cc1. The summed E-state index contributed by atoms with van der Waals surface area (Å²) in [6, 6.07) is 10.4. The Labute approximate surface area is 102 Å². The van der Waals surface area contributed by atoms with Crippen LogP contribution in [-0.4, -0.2) is 19.2 Å². The van der Waals surface area contributed by atoms with Gasteiger partial charge >= 0.3 is 0 Å². The first-order chi connectivity index (χ1) is 8.38. The Morgan fingerprint density at radius 3 is 2.76 bits per heavy atom. The molecule has 1 aliphatic rings. The maximum atomic E-state index is 8.38. The molecule has 0 heterocycles. The first kappa shape index (κ1) is 11.7. The van der Waals surface area contributed by atoms with Gasteiger partial charge in [-0.15, -0.1) is 0 Å². The third-order valence-electron chi connectivity index (χ3n) is 2.60. The van der Waals surface area contributed by atoms with E-state index in [9.17, 15) is 0 Å². The van der Waals surface area contributed by atoms with Crippen LogP contribution in [0, 0.1) is 11.3 Å². The number of nitrogens with zero attached hydrogens (tertiary/aromatic N) is 1. The molecule has 0 radical (unpaired) electrons. The van der Waals surface area contributed by atoms with Gasteiger partial charge in [-0.1, -0.05) is 24.3 Å². The fourth-order valence-electron chi connectivity index (χ4n) is 1.51. The molecule has 0 atom stereocenters. The Morgan fingerprint density at radius 2 is 2.12 bits per heavy atom. The van der Waals surface area contributed by atoms with Crippen LogP contribution < -0.4 is 10.1 Å². The average Bonchev–Trinajstić information content (AvgIpc) is 3.18. The zero-order valence-corrected chi connectivity index (χ0v) is 9.73. The van der Waals surface area contributed by atoms with E-state index < -0.39 is 0 Å². The van der Waals surface area contributed by atoms with Crippen LogP contribution in [0.2, 0.25) is 0 Å². The normalized spacial score (nSPS) is 14.8. The van der Waals surface area contributed by atoms with Crippen molar-refractivity contribution in [2.75, 3.05) is 13.2 Å². The predicted molar refractivity (Wildman–Crippen MR) is 67.6 cm³/mol. The number of nitrogens with one attached hydrogen (secondary N) is 1. The van der Waals surface area contributed by atoms with Crippen molar-refractivity contribution >= 4 is 6.08 Å². The van der Waals surface area contributed by atoms with Gasteiger partial charge in [-0.2, -0.15) is 5.26 Å². The number of rotatable bonds is 6. The third-order valence-corrected chi connectivity index (χ3v) is 2.60. The highest BCUT2D eigenvalue weighted by atomic mass is 16.5. The molecule has 0 aliphatic heterocycles. The smallest absolute Gasteiger partial charge is 0.174 e. The van der Waals surface area contributed by atoms with Crippen LogP contribution in [0.4, 0.5) is 0 Å². The molecule has 0 amide bonds. The standard InChI is InChI=1S/C14H16N2O/c15-9-11-17-14-7-3-12(4-8-14)2-1-10-16-13-5-6-13/h1-4,7-8,13,16H,5-6,10-11H2. The quantitative estimate of drug-likeness (QED) is 0.813. The molecule has 1 aromatic rings. The van der Waals surface area contributed by atoms with E-state index in [1.807, 2.05) is 30.3 Å². The van der Waals surface area contributed by atoms with Gasteiger partial charge in [0.1, 0.15) is 11.8 Å². The van der Waals surface area contributed by atoms with Crippen molar-refractivity contribution in [3.05, 3.63) is 35.9 Å². The molecule has 88 valence electrons. The van der Waals surface area contributed by atoms with Gasteiger partial charge in [0, 0.05) is 12.6 Å². The number of benzene rings is 1. The van der Waals surface area contributed by atoms with Gasteiger partial charge in [0.15, 0.2) is 6.61 Å². The van der Waals surface area contributed by atoms with E-state index in [1.165, 1.54) is 12.8 Å². The van der Waals surface area contributed by atoms with Crippen molar-refractivity contribution in [3.63, 3.8) is 0 Å². The van der Waals surface area contributed by atoms with E-state index in [4.69, 9.17) is 10.00 Å². The summed E-state index contributed by atoms with van der Waals surface area (Å²) in [6.07, 6.45) is 6.85. The lowest BCUT2D eigenvalue weighted by Crippen LogP contribution is -2.15. The number of hydrogen-bond donors (Lipinski definition) is 1. The lowest BCUT2D eigenvalue weighted by atomic mass is 10.2. The Balaban J connectivity index is 1.77. The second-order valence-corrected chi connectivity index (χ2v) is 4.10. The van der Waals surface area contributed by atoms with Gasteiger partial charge in [-0.05, 0) is 30.5 Å². The fraction of sp³-hybridized carbons (Fsp3) is 0.357. The van der Waals surface area contributed by atoms with Crippen LogP contribution in [0.3, 0.4) is 0 Å². The first-order valence-electron chi connectivity index (χ1n) is 5.88. The maximum absolute atomic E-state index is 8.38. The molecule has 1 aliphatic carbocycles. The van der Waals surface area contributed by atoms with E-state index in [-0.39, 0.29) is 6.61 Å². The molecule has 0 unspecified atom stereocenters. The number of hydrogen-bond acceptors (Lipinski definition) is 3. The molecular formula is C14H16N2O. The summed E-state index contributed by atoms with van der Waals surface area (Å²) in [4.78, 5) is 0. The molecule has 0 aromatic heterocycles. The van der Waals surface area contributed by atoms with Crippen molar-refractivity contribution in [3.8, 4) is 11.8 Å². The molecule has 3 nitrogen and oxygen atoms in total. The summed E-state index contributed by atoms with van der Waals surface area (Å²) in [5.74, 6) is 0.736. The van der Waals surface area contributed by atoms with Crippen LogP contribution in [0.1, 0.15) is 18.4 Å². The minimum atomic E-state index is 0.0977. The summed E-state index contributed by atoms with van der Waals surface area (Å²) < 4.78 is 5.18. The average molecular weight is 228 g/mol. The van der Waals surface area contributed by atoms with Gasteiger partial charge in [0.05, 0.1) is 0 Å². The Morgan fingerprint density at radius 1 is 1.35 bits per heavy atom. The predicted octanol–water partition coefficient (Wildman–Crippen LogP) is 2.35. The lowest BCUT2D eigenvalue weighted by Gasteiger charge is -2.01. The first-order valence-corrected chi connectivity index (χ1v) is 5.88. The number of nitriles is 1. The zero-order chi connectivity index (χ0) is 11.9. The zero-order valence-electron chi connectivity index (χ0n) is 9.73. The Bertz CT molecular complexity index is 413. The largest absolute Gasteiger partial charge is 0.479 e. The van der Waals surface area contributed by atoms with Gasteiger partial charge in [-0.25, -0.2) is 0 Å². The monoisotopic (exact) mass is 228 g/mol. The van der Waals surface area contributed by atoms with E-state index in [2.05, 4.69) is 17.5 Å². The highest BCUT2D eigenvalue weighted by Crippen LogP contribution is 2.18. The summed E-state index contributed by atoms with van der Waals surface area (Å²) in [5, 5.41) is 11.8. The minimum absolute atomic E-state index is 0.0977. The van der Waals surface area contributed by atoms with Crippen LogP contribution in [0.15, 0.2) is 30.3 Å². The van der Waals surface area contributed by atoms with Crippen LogP contribution >= 0.6 is 0 Å². The molecular weight excluding hydrogens is 212 g/mol. The molecule has 1 fully saturated rings. The Hall–Kier alpha value is -1.79. The van der Waals surface area contributed by atoms with E-state index >= 15 is 0 Å². The molecule has 3 heteroatoms. The van der Waals surface area contributed by atoms with Crippen molar-refractivity contribution in [1.82, 2.24) is 5.32 Å². The van der Waals surface area contributed by atoms with Gasteiger partial charge in [-0.3, -0.25) is 0 Å². The van der Waals surface area contributed by atoms with Gasteiger partial charge < -0.3 is 10.1 Å². The number of ether oxygens (including phenoxy) is 1. The van der Waals surface area contributed by atoms with Crippen molar-refractivity contribution in [2.45, 2.75) is 18.9 Å². The molecule has 1 N–H and O–H groups in total. The van der Waals surface area contributed by atoms with Crippen molar-refractivity contribution in [2.24, 2.45) is 0 Å². The van der Waals surface area contributed by atoms with E-state index in [0.29, 0.717) is 0 Å². The highest BCUT2D eigenvalue weighted by molar-refractivity contribution is 5.50. The fourth-order valence-corrected chi connectivity index (χ4v) is 1.51. The third kappa shape index (κ3) is 4.29. The van der Waals surface area contributed by atoms with Crippen molar-refractivity contribution in [1.29, 1.82) is 5.26 Å². The summed E-state index contributed by atoms with van der Waals surface area (Å²) in [5.41, 5.74) is 1.15. The molecule has 1 aromatic carbocycles. The van der Waals surface area contributed by atoms with E-state index in [0.717, 1.165) is 23.9 Å². The molecule has 2 rings (SSSR count). The summed E-state index contributed by atoms with van der Waals surface area (Å²) >= 11 is 0.